The summed E-state index contributed by atoms with van der Waals surface area (Å²) in [5.74, 6) is 0.142. The number of aromatic nitrogens is 1. The minimum atomic E-state index is -4.90. The summed E-state index contributed by atoms with van der Waals surface area (Å²) in [6.07, 6.45) is 3.36. The number of benzene rings is 1. The standard InChI is InChI=1S/C22H27NO10P2/c1-29-19-12-16(9-10-18(19)31-21(24)30-17-7-3-4-8-17)20-32-34(2,26)22(25,35(27,28)33-20)13-15-6-5-11-23-14-15/h5-6,9-12,14,17,20,25H,3-4,7-8,13H2,1-2H3,(H,27,28). The summed E-state index contributed by atoms with van der Waals surface area (Å²) in [7, 11) is -7.71. The van der Waals surface area contributed by atoms with Gasteiger partial charge in [0.05, 0.1) is 7.11 Å². The second-order valence-corrected chi connectivity index (χ2v) is 13.5. The minimum Gasteiger partial charge on any atom is -0.493 e. The van der Waals surface area contributed by atoms with Gasteiger partial charge in [-0.15, -0.1) is 0 Å². The molecule has 2 aromatic rings. The number of rotatable bonds is 6. The number of carbonyl (C=O) groups excluding carboxylic acids is 1. The smallest absolute Gasteiger partial charge is 0.493 e. The van der Waals surface area contributed by atoms with Gasteiger partial charge in [-0.1, -0.05) is 6.07 Å². The summed E-state index contributed by atoms with van der Waals surface area (Å²) in [4.78, 5) is 26.7. The van der Waals surface area contributed by atoms with Gasteiger partial charge in [0.1, 0.15) is 6.10 Å². The molecule has 1 saturated heterocycles. The third kappa shape index (κ3) is 5.31. The molecule has 2 fully saturated rings. The SMILES string of the molecule is COc1cc(C2OP(C)(=O)C(O)(Cc3cccnc3)P(=O)(O)O2)ccc1OC(=O)OC1CCCC1. The monoisotopic (exact) mass is 527 g/mol. The molecule has 0 radical (unpaired) electrons. The van der Waals surface area contributed by atoms with Gasteiger partial charge in [-0.2, -0.15) is 0 Å². The van der Waals surface area contributed by atoms with Gasteiger partial charge in [-0.3, -0.25) is 23.2 Å². The number of nitrogens with zero attached hydrogens (tertiary/aromatic N) is 1. The lowest BCUT2D eigenvalue weighted by atomic mass is 10.2. The number of carbonyl (C=O) groups is 1. The van der Waals surface area contributed by atoms with Crippen LogP contribution in [0.15, 0.2) is 42.7 Å². The lowest BCUT2D eigenvalue weighted by Crippen LogP contribution is -2.37. The normalized spacial score (nSPS) is 31.1. The summed E-state index contributed by atoms with van der Waals surface area (Å²) < 4.78 is 53.1. The Morgan fingerprint density at radius 3 is 2.57 bits per heavy atom. The molecule has 1 aliphatic heterocycles. The molecule has 2 heterocycles. The second-order valence-electron chi connectivity index (χ2n) is 8.51. The maximum absolute atomic E-state index is 13.4. The van der Waals surface area contributed by atoms with Gasteiger partial charge >= 0.3 is 13.8 Å². The first-order valence-electron chi connectivity index (χ1n) is 11.0. The molecule has 1 aromatic carbocycles. The van der Waals surface area contributed by atoms with E-state index in [2.05, 4.69) is 4.98 Å². The maximum Gasteiger partial charge on any atom is 0.514 e. The predicted molar refractivity (Wildman–Crippen MR) is 124 cm³/mol. The van der Waals surface area contributed by atoms with Crippen molar-refractivity contribution in [3.8, 4) is 11.5 Å². The molecule has 1 aliphatic carbocycles. The molecule has 0 spiro atoms. The van der Waals surface area contributed by atoms with Crippen LogP contribution >= 0.6 is 15.0 Å². The Labute approximate surface area is 202 Å². The lowest BCUT2D eigenvalue weighted by molar-refractivity contribution is -0.0440. The van der Waals surface area contributed by atoms with Gasteiger partial charge in [0.15, 0.2) is 17.8 Å². The third-order valence-corrected chi connectivity index (χ3v) is 11.5. The Morgan fingerprint density at radius 2 is 1.94 bits per heavy atom. The van der Waals surface area contributed by atoms with E-state index < -0.39 is 38.9 Å². The Balaban J connectivity index is 1.54. The van der Waals surface area contributed by atoms with Crippen molar-refractivity contribution in [2.75, 3.05) is 13.8 Å². The van der Waals surface area contributed by atoms with Crippen molar-refractivity contribution in [2.45, 2.75) is 49.6 Å². The van der Waals surface area contributed by atoms with Crippen molar-refractivity contribution < 1.29 is 47.2 Å². The molecule has 13 heteroatoms. The zero-order valence-corrected chi connectivity index (χ0v) is 21.0. The Morgan fingerprint density at radius 1 is 1.20 bits per heavy atom. The van der Waals surface area contributed by atoms with E-state index in [1.165, 1.54) is 37.7 Å². The summed E-state index contributed by atoms with van der Waals surface area (Å²) in [6, 6.07) is 7.27. The Kier molecular flexibility index (Phi) is 7.38. The van der Waals surface area contributed by atoms with E-state index >= 15 is 0 Å². The first-order chi connectivity index (χ1) is 16.5. The summed E-state index contributed by atoms with van der Waals surface area (Å²) in [5.41, 5.74) is 0.544. The largest absolute Gasteiger partial charge is 0.514 e. The summed E-state index contributed by atoms with van der Waals surface area (Å²) in [5, 5.41) is 8.39. The van der Waals surface area contributed by atoms with E-state index in [9.17, 15) is 23.9 Å². The molecule has 4 rings (SSSR count). The number of ether oxygens (including phenoxy) is 3. The zero-order valence-electron chi connectivity index (χ0n) is 19.2. The van der Waals surface area contributed by atoms with Gasteiger partial charge in [0.25, 0.3) is 0 Å². The van der Waals surface area contributed by atoms with E-state index in [0.29, 0.717) is 5.56 Å². The second kappa shape index (κ2) is 10.0. The lowest BCUT2D eigenvalue weighted by Gasteiger charge is -2.43. The van der Waals surface area contributed by atoms with Crippen molar-refractivity contribution in [1.82, 2.24) is 4.98 Å². The van der Waals surface area contributed by atoms with Crippen LogP contribution < -0.4 is 9.47 Å². The molecule has 4 unspecified atom stereocenters. The van der Waals surface area contributed by atoms with Crippen molar-refractivity contribution in [1.29, 1.82) is 0 Å². The van der Waals surface area contributed by atoms with Gasteiger partial charge in [0, 0.05) is 31.0 Å². The van der Waals surface area contributed by atoms with Crippen molar-refractivity contribution in [3.05, 3.63) is 53.9 Å². The average molecular weight is 527 g/mol. The van der Waals surface area contributed by atoms with Crippen LogP contribution in [0.2, 0.25) is 0 Å². The highest BCUT2D eigenvalue weighted by Crippen LogP contribution is 2.79. The predicted octanol–water partition coefficient (Wildman–Crippen LogP) is 4.58. The molecular weight excluding hydrogens is 500 g/mol. The fraction of sp³-hybridized carbons (Fsp3) is 0.455. The quantitative estimate of drug-likeness (QED) is 0.309. The zero-order chi connectivity index (χ0) is 25.3. The Bertz CT molecular complexity index is 1140. The van der Waals surface area contributed by atoms with E-state index in [4.69, 9.17) is 23.3 Å². The first-order valence-corrected chi connectivity index (χ1v) is 14.6. The highest BCUT2D eigenvalue weighted by atomic mass is 31.2. The fourth-order valence-corrected chi connectivity index (χ4v) is 8.37. The summed E-state index contributed by atoms with van der Waals surface area (Å²) in [6.45, 7) is 1.08. The van der Waals surface area contributed by atoms with Crippen LogP contribution in [0, 0.1) is 0 Å². The number of hydrogen-bond acceptors (Lipinski definition) is 10. The van der Waals surface area contributed by atoms with Crippen LogP contribution in [-0.2, 0) is 29.3 Å². The molecule has 1 saturated carbocycles. The molecule has 2 N–H and O–H groups in total. The molecule has 0 amide bonds. The third-order valence-electron chi connectivity index (χ3n) is 6.02. The van der Waals surface area contributed by atoms with Crippen LogP contribution in [0.3, 0.4) is 0 Å². The van der Waals surface area contributed by atoms with Crippen molar-refractivity contribution >= 4 is 21.1 Å². The molecule has 35 heavy (non-hydrogen) atoms. The van der Waals surface area contributed by atoms with E-state index in [1.54, 1.807) is 12.1 Å². The Hall–Kier alpha value is -2.26. The number of methoxy groups -OCH3 is 1. The van der Waals surface area contributed by atoms with Crippen LogP contribution in [0.25, 0.3) is 0 Å². The first kappa shape index (κ1) is 25.8. The number of pyridine rings is 1. The highest BCUT2D eigenvalue weighted by Gasteiger charge is 2.64. The van der Waals surface area contributed by atoms with Gasteiger partial charge in [-0.25, -0.2) is 4.79 Å². The van der Waals surface area contributed by atoms with E-state index in [1.807, 2.05) is 0 Å². The average Bonchev–Trinajstić information content (AvgIpc) is 3.31. The topological polar surface area (TPSA) is 151 Å². The summed E-state index contributed by atoms with van der Waals surface area (Å²) >= 11 is 0. The van der Waals surface area contributed by atoms with E-state index in [0.717, 1.165) is 32.3 Å². The number of hydrogen-bond donors (Lipinski definition) is 2. The number of aliphatic hydroxyl groups is 1. The van der Waals surface area contributed by atoms with Gasteiger partial charge < -0.3 is 24.2 Å². The minimum absolute atomic E-state index is 0.0509. The fourth-order valence-electron chi connectivity index (χ4n) is 4.04. The van der Waals surface area contributed by atoms with Crippen molar-refractivity contribution in [2.24, 2.45) is 0 Å². The van der Waals surface area contributed by atoms with Gasteiger partial charge in [-0.05, 0) is 55.5 Å². The molecule has 190 valence electrons. The molecule has 4 atom stereocenters. The molecule has 1 aromatic heterocycles. The van der Waals surface area contributed by atoms with Crippen LogP contribution in [0.5, 0.6) is 11.5 Å². The highest BCUT2D eigenvalue weighted by molar-refractivity contribution is 7.75. The van der Waals surface area contributed by atoms with E-state index in [-0.39, 0.29) is 23.2 Å². The molecular formula is C22H27NO10P2. The molecule has 11 nitrogen and oxygen atoms in total. The molecule has 2 aliphatic rings. The maximum atomic E-state index is 13.4. The molecule has 0 bridgehead atoms. The van der Waals surface area contributed by atoms with Crippen LogP contribution in [0.4, 0.5) is 4.79 Å². The van der Waals surface area contributed by atoms with Crippen molar-refractivity contribution in [3.63, 3.8) is 0 Å². The van der Waals surface area contributed by atoms with Crippen LogP contribution in [0.1, 0.15) is 43.1 Å². The van der Waals surface area contributed by atoms with Gasteiger partial charge in [0.2, 0.25) is 12.5 Å². The van der Waals surface area contributed by atoms with Crippen LogP contribution in [-0.4, -0.2) is 46.1 Å².